The van der Waals surface area contributed by atoms with Gasteiger partial charge in [-0.05, 0) is 47.3 Å². The van der Waals surface area contributed by atoms with Crippen LogP contribution in [0.4, 0.5) is 0 Å². The number of carbonyl (C=O) groups is 1. The van der Waals surface area contributed by atoms with Crippen molar-refractivity contribution in [3.05, 3.63) is 106 Å². The molecule has 2 aromatic heterocycles. The van der Waals surface area contributed by atoms with Gasteiger partial charge in [-0.15, -0.1) is 0 Å². The van der Waals surface area contributed by atoms with Crippen LogP contribution in [0.25, 0.3) is 10.8 Å². The van der Waals surface area contributed by atoms with Gasteiger partial charge in [-0.25, -0.2) is 5.01 Å². The van der Waals surface area contributed by atoms with E-state index in [1.54, 1.807) is 36.7 Å². The Labute approximate surface area is 183 Å². The minimum Gasteiger partial charge on any atom is -0.467 e. The maximum absolute atomic E-state index is 13.2. The lowest BCUT2D eigenvalue weighted by atomic mass is 10.0. The summed E-state index contributed by atoms with van der Waals surface area (Å²) in [6, 6.07) is 19.7. The second-order valence-corrected chi connectivity index (χ2v) is 7.80. The van der Waals surface area contributed by atoms with Crippen LogP contribution in [0.3, 0.4) is 0 Å². The molecule has 5 rings (SSSR count). The predicted octanol–water partition coefficient (Wildman–Crippen LogP) is 4.63. The van der Waals surface area contributed by atoms with E-state index in [4.69, 9.17) is 16.0 Å². The molecule has 6 nitrogen and oxygen atoms in total. The summed E-state index contributed by atoms with van der Waals surface area (Å²) in [7, 11) is 0. The zero-order valence-corrected chi connectivity index (χ0v) is 17.2. The largest absolute Gasteiger partial charge is 0.467 e. The molecule has 1 aliphatic rings. The van der Waals surface area contributed by atoms with Gasteiger partial charge in [0.2, 0.25) is 0 Å². The van der Waals surface area contributed by atoms with Crippen LogP contribution in [-0.4, -0.2) is 21.2 Å². The fourth-order valence-electron chi connectivity index (χ4n) is 3.83. The second kappa shape index (κ2) is 7.89. The molecular weight excluding hydrogens is 414 g/mol. The van der Waals surface area contributed by atoms with Crippen molar-refractivity contribution < 1.29 is 9.21 Å². The number of aromatic nitrogens is 1. The molecule has 1 amide bonds. The number of pyridine rings is 1. The van der Waals surface area contributed by atoms with Crippen molar-refractivity contribution >= 4 is 34.0 Å². The first-order valence-electron chi connectivity index (χ1n) is 9.87. The lowest BCUT2D eigenvalue weighted by Crippen LogP contribution is -2.33. The molecule has 0 aliphatic carbocycles. The van der Waals surface area contributed by atoms with Gasteiger partial charge in [-0.3, -0.25) is 9.59 Å². The Morgan fingerprint density at radius 1 is 1.06 bits per heavy atom. The van der Waals surface area contributed by atoms with Crippen molar-refractivity contribution in [1.82, 2.24) is 9.58 Å². The molecule has 1 aliphatic heterocycles. The minimum absolute atomic E-state index is 0.113. The van der Waals surface area contributed by atoms with Crippen LogP contribution in [0.1, 0.15) is 23.8 Å². The van der Waals surface area contributed by atoms with Crippen LogP contribution in [0, 0.1) is 0 Å². The lowest BCUT2D eigenvalue weighted by molar-refractivity contribution is -0.134. The summed E-state index contributed by atoms with van der Waals surface area (Å²) in [5.74, 6) is 0.356. The zero-order chi connectivity index (χ0) is 21.4. The van der Waals surface area contributed by atoms with Gasteiger partial charge in [-0.1, -0.05) is 41.9 Å². The summed E-state index contributed by atoms with van der Waals surface area (Å²) in [6.45, 7) is -0.113. The third-order valence-corrected chi connectivity index (χ3v) is 5.66. The van der Waals surface area contributed by atoms with E-state index in [0.717, 1.165) is 16.7 Å². The molecule has 0 saturated carbocycles. The maximum Gasteiger partial charge on any atom is 0.263 e. The molecule has 31 heavy (non-hydrogen) atoms. The van der Waals surface area contributed by atoms with Gasteiger partial charge in [0.15, 0.2) is 0 Å². The number of hydrogen-bond acceptors (Lipinski definition) is 4. The van der Waals surface area contributed by atoms with Crippen molar-refractivity contribution in [3.8, 4) is 0 Å². The molecule has 3 heterocycles. The van der Waals surface area contributed by atoms with E-state index >= 15 is 0 Å². The van der Waals surface area contributed by atoms with E-state index in [-0.39, 0.29) is 24.1 Å². The number of halogens is 1. The number of rotatable bonds is 4. The van der Waals surface area contributed by atoms with Crippen molar-refractivity contribution in [2.45, 2.75) is 19.0 Å². The predicted molar refractivity (Wildman–Crippen MR) is 119 cm³/mol. The summed E-state index contributed by atoms with van der Waals surface area (Å²) >= 11 is 6.00. The van der Waals surface area contributed by atoms with Crippen molar-refractivity contribution in [3.63, 3.8) is 0 Å². The highest BCUT2D eigenvalue weighted by Crippen LogP contribution is 2.33. The van der Waals surface area contributed by atoms with Crippen LogP contribution in [0.2, 0.25) is 5.02 Å². The summed E-state index contributed by atoms with van der Waals surface area (Å²) in [5, 5.41) is 8.07. The number of furan rings is 1. The van der Waals surface area contributed by atoms with E-state index in [9.17, 15) is 9.59 Å². The first-order chi connectivity index (χ1) is 15.1. The molecule has 2 aromatic carbocycles. The summed E-state index contributed by atoms with van der Waals surface area (Å²) in [6.07, 6.45) is 3.73. The first-order valence-corrected chi connectivity index (χ1v) is 10.2. The van der Waals surface area contributed by atoms with Crippen LogP contribution >= 0.6 is 11.6 Å². The molecular formula is C24H18ClN3O3. The maximum atomic E-state index is 13.2. The molecule has 0 saturated heterocycles. The number of amides is 1. The number of fused-ring (bicyclic) bond motifs is 1. The SMILES string of the molecule is O=C(Cn1ccc2ccccc2c1=O)N1N=C(c2ccc(Cl)cc2)CC1c1ccco1. The molecule has 0 N–H and O–H groups in total. The smallest absolute Gasteiger partial charge is 0.263 e. The summed E-state index contributed by atoms with van der Waals surface area (Å²) in [5.41, 5.74) is 1.44. The average molecular weight is 432 g/mol. The van der Waals surface area contributed by atoms with Crippen molar-refractivity contribution in [1.29, 1.82) is 0 Å². The summed E-state index contributed by atoms with van der Waals surface area (Å²) in [4.78, 5) is 26.1. The monoisotopic (exact) mass is 431 g/mol. The average Bonchev–Trinajstić information content (AvgIpc) is 3.46. The Bertz CT molecular complexity index is 1340. The number of hydrazone groups is 1. The van der Waals surface area contributed by atoms with E-state index in [0.29, 0.717) is 22.6 Å². The van der Waals surface area contributed by atoms with E-state index in [2.05, 4.69) is 5.10 Å². The van der Waals surface area contributed by atoms with Gasteiger partial charge in [0.1, 0.15) is 18.3 Å². The van der Waals surface area contributed by atoms with Crippen LogP contribution < -0.4 is 5.56 Å². The molecule has 4 aromatic rings. The zero-order valence-electron chi connectivity index (χ0n) is 16.4. The fraction of sp³-hybridized carbons (Fsp3) is 0.125. The molecule has 1 atom stereocenters. The molecule has 0 fully saturated rings. The van der Waals surface area contributed by atoms with Gasteiger partial charge >= 0.3 is 0 Å². The van der Waals surface area contributed by atoms with Gasteiger partial charge in [0.05, 0.1) is 12.0 Å². The Morgan fingerprint density at radius 2 is 1.87 bits per heavy atom. The van der Waals surface area contributed by atoms with Crippen LogP contribution in [0.15, 0.2) is 93.5 Å². The highest BCUT2D eigenvalue weighted by atomic mass is 35.5. The molecule has 0 radical (unpaired) electrons. The number of benzene rings is 2. The van der Waals surface area contributed by atoms with Gasteiger partial charge in [-0.2, -0.15) is 5.10 Å². The molecule has 1 unspecified atom stereocenters. The Kier molecular flexibility index (Phi) is 4.92. The van der Waals surface area contributed by atoms with Crippen LogP contribution in [0.5, 0.6) is 0 Å². The highest BCUT2D eigenvalue weighted by Gasteiger charge is 2.35. The molecule has 154 valence electrons. The Balaban J connectivity index is 1.48. The van der Waals surface area contributed by atoms with E-state index in [1.165, 1.54) is 9.58 Å². The van der Waals surface area contributed by atoms with Gasteiger partial charge < -0.3 is 8.98 Å². The third-order valence-electron chi connectivity index (χ3n) is 5.41. The Morgan fingerprint density at radius 3 is 2.65 bits per heavy atom. The normalized spacial score (nSPS) is 16.0. The highest BCUT2D eigenvalue weighted by molar-refractivity contribution is 6.30. The number of hydrogen-bond donors (Lipinski definition) is 0. The molecule has 7 heteroatoms. The summed E-state index contributed by atoms with van der Waals surface area (Å²) < 4.78 is 6.99. The topological polar surface area (TPSA) is 67.8 Å². The third kappa shape index (κ3) is 3.66. The second-order valence-electron chi connectivity index (χ2n) is 7.36. The van der Waals surface area contributed by atoms with Crippen LogP contribution in [-0.2, 0) is 11.3 Å². The molecule has 0 bridgehead atoms. The van der Waals surface area contributed by atoms with E-state index in [1.807, 2.05) is 42.5 Å². The standard InChI is InChI=1S/C24H18ClN3O3/c25-18-9-7-17(8-10-18)20-14-21(22-6-3-13-31-22)28(26-20)23(29)15-27-12-11-16-4-1-2-5-19(16)24(27)30/h1-13,21H,14-15H2. The first kappa shape index (κ1) is 19.3. The fourth-order valence-corrected chi connectivity index (χ4v) is 3.96. The Hall–Kier alpha value is -3.64. The minimum atomic E-state index is -0.371. The number of carbonyl (C=O) groups excluding carboxylic acids is 1. The van der Waals surface area contributed by atoms with Gasteiger partial charge in [0.25, 0.3) is 11.5 Å². The van der Waals surface area contributed by atoms with Crippen molar-refractivity contribution in [2.24, 2.45) is 5.10 Å². The van der Waals surface area contributed by atoms with Crippen molar-refractivity contribution in [2.75, 3.05) is 0 Å². The van der Waals surface area contributed by atoms with E-state index < -0.39 is 0 Å². The quantitative estimate of drug-likeness (QED) is 0.473. The van der Waals surface area contributed by atoms with Gasteiger partial charge in [0, 0.05) is 23.0 Å². The lowest BCUT2D eigenvalue weighted by Gasteiger charge is -2.20. The molecule has 0 spiro atoms. The number of nitrogens with zero attached hydrogens (tertiary/aromatic N) is 3.